The first-order chi connectivity index (χ1) is 10.5. The Balaban J connectivity index is 1.86. The molecular weight excluding hydrogens is 286 g/mol. The molecule has 4 N–H and O–H groups in total. The van der Waals surface area contributed by atoms with Crippen LogP contribution in [0.25, 0.3) is 0 Å². The van der Waals surface area contributed by atoms with E-state index in [0.29, 0.717) is 19.6 Å². The van der Waals surface area contributed by atoms with Gasteiger partial charge in [-0.2, -0.15) is 0 Å². The lowest BCUT2D eigenvalue weighted by Crippen LogP contribution is -2.47. The number of rotatable bonds is 4. The largest absolute Gasteiger partial charge is 0.478 e. The van der Waals surface area contributed by atoms with Gasteiger partial charge in [-0.1, -0.05) is 12.1 Å². The van der Waals surface area contributed by atoms with Crippen LogP contribution >= 0.6 is 0 Å². The van der Waals surface area contributed by atoms with Crippen molar-refractivity contribution in [3.05, 3.63) is 35.4 Å². The van der Waals surface area contributed by atoms with Gasteiger partial charge in [0.25, 0.3) is 0 Å². The van der Waals surface area contributed by atoms with Crippen molar-refractivity contribution in [3.63, 3.8) is 0 Å². The van der Waals surface area contributed by atoms with Crippen LogP contribution in [0.2, 0.25) is 0 Å². The Hall–Kier alpha value is -2.57. The van der Waals surface area contributed by atoms with Crippen molar-refractivity contribution in [2.24, 2.45) is 11.7 Å². The molecule has 1 aliphatic heterocycles. The van der Waals surface area contributed by atoms with Crippen LogP contribution in [0.4, 0.5) is 4.79 Å². The number of carbonyl (C=O) groups excluding carboxylic acids is 2. The van der Waals surface area contributed by atoms with Crippen molar-refractivity contribution in [1.29, 1.82) is 0 Å². The average molecular weight is 305 g/mol. The Kier molecular flexibility index (Phi) is 4.98. The molecule has 0 spiro atoms. The van der Waals surface area contributed by atoms with E-state index < -0.39 is 12.0 Å². The quantitative estimate of drug-likeness (QED) is 0.763. The molecule has 1 heterocycles. The van der Waals surface area contributed by atoms with Crippen LogP contribution in [0, 0.1) is 5.92 Å². The third kappa shape index (κ3) is 3.97. The van der Waals surface area contributed by atoms with Gasteiger partial charge in [-0.15, -0.1) is 0 Å². The number of hydrogen-bond acceptors (Lipinski definition) is 3. The van der Waals surface area contributed by atoms with E-state index in [-0.39, 0.29) is 17.4 Å². The standard InChI is InChI=1S/C15H19N3O4/c16-15(22)18-7-1-2-12(9-18)13(19)17-8-10-3-5-11(6-4-10)14(20)21/h3-6,12H,1-2,7-9H2,(H2,16,22)(H,17,19)(H,20,21). The highest BCUT2D eigenvalue weighted by molar-refractivity contribution is 5.87. The molecule has 1 saturated heterocycles. The second kappa shape index (κ2) is 6.93. The minimum Gasteiger partial charge on any atom is -0.478 e. The summed E-state index contributed by atoms with van der Waals surface area (Å²) in [5, 5.41) is 11.6. The third-order valence-electron chi connectivity index (χ3n) is 3.77. The topological polar surface area (TPSA) is 113 Å². The van der Waals surface area contributed by atoms with Crippen molar-refractivity contribution in [2.75, 3.05) is 13.1 Å². The molecule has 1 aliphatic rings. The molecule has 0 bridgehead atoms. The average Bonchev–Trinajstić information content (AvgIpc) is 2.53. The number of amides is 3. The molecule has 7 nitrogen and oxygen atoms in total. The number of hydrogen-bond donors (Lipinski definition) is 3. The number of piperidine rings is 1. The zero-order valence-electron chi connectivity index (χ0n) is 12.1. The maximum Gasteiger partial charge on any atom is 0.335 e. The minimum atomic E-state index is -0.982. The third-order valence-corrected chi connectivity index (χ3v) is 3.77. The van der Waals surface area contributed by atoms with Crippen LogP contribution in [0.15, 0.2) is 24.3 Å². The fourth-order valence-electron chi connectivity index (χ4n) is 2.49. The smallest absolute Gasteiger partial charge is 0.335 e. The predicted octanol–water partition coefficient (Wildman–Crippen LogP) is 0.792. The first-order valence-electron chi connectivity index (χ1n) is 7.11. The van der Waals surface area contributed by atoms with Crippen LogP contribution in [0.5, 0.6) is 0 Å². The highest BCUT2D eigenvalue weighted by Gasteiger charge is 2.27. The number of benzene rings is 1. The number of aromatic carboxylic acids is 1. The highest BCUT2D eigenvalue weighted by atomic mass is 16.4. The molecule has 1 atom stereocenters. The van der Waals surface area contributed by atoms with Crippen molar-refractivity contribution < 1.29 is 19.5 Å². The number of nitrogens with two attached hydrogens (primary N) is 1. The van der Waals surface area contributed by atoms with Gasteiger partial charge in [0.15, 0.2) is 0 Å². The van der Waals surface area contributed by atoms with Crippen LogP contribution in [0.3, 0.4) is 0 Å². The zero-order valence-corrected chi connectivity index (χ0v) is 12.1. The Bertz CT molecular complexity index is 571. The van der Waals surface area contributed by atoms with Gasteiger partial charge < -0.3 is 21.1 Å². The molecule has 1 unspecified atom stereocenters. The number of nitrogens with one attached hydrogen (secondary N) is 1. The summed E-state index contributed by atoms with van der Waals surface area (Å²) in [7, 11) is 0. The lowest BCUT2D eigenvalue weighted by molar-refractivity contribution is -0.126. The van der Waals surface area contributed by atoms with Gasteiger partial charge >= 0.3 is 12.0 Å². The Morgan fingerprint density at radius 2 is 1.95 bits per heavy atom. The van der Waals surface area contributed by atoms with E-state index in [2.05, 4.69) is 5.32 Å². The zero-order chi connectivity index (χ0) is 16.1. The molecule has 22 heavy (non-hydrogen) atoms. The summed E-state index contributed by atoms with van der Waals surface area (Å²) in [5.41, 5.74) is 6.27. The predicted molar refractivity (Wildman–Crippen MR) is 79.1 cm³/mol. The van der Waals surface area contributed by atoms with Gasteiger partial charge in [0.1, 0.15) is 0 Å². The van der Waals surface area contributed by atoms with Crippen molar-refractivity contribution >= 4 is 17.9 Å². The van der Waals surface area contributed by atoms with Crippen molar-refractivity contribution in [1.82, 2.24) is 10.2 Å². The second-order valence-electron chi connectivity index (χ2n) is 5.34. The summed E-state index contributed by atoms with van der Waals surface area (Å²) in [4.78, 5) is 35.5. The number of urea groups is 1. The summed E-state index contributed by atoms with van der Waals surface area (Å²) in [5.74, 6) is -1.35. The molecule has 1 aromatic rings. The number of carbonyl (C=O) groups is 3. The van der Waals surface area contributed by atoms with Crippen LogP contribution < -0.4 is 11.1 Å². The molecule has 0 aromatic heterocycles. The SMILES string of the molecule is NC(=O)N1CCCC(C(=O)NCc2ccc(C(=O)O)cc2)C1. The lowest BCUT2D eigenvalue weighted by Gasteiger charge is -2.30. The van der Waals surface area contributed by atoms with Gasteiger partial charge in [-0.05, 0) is 30.5 Å². The number of nitrogens with zero attached hydrogens (tertiary/aromatic N) is 1. The lowest BCUT2D eigenvalue weighted by atomic mass is 9.97. The van der Waals surface area contributed by atoms with E-state index in [9.17, 15) is 14.4 Å². The van der Waals surface area contributed by atoms with Crippen LogP contribution in [-0.4, -0.2) is 41.0 Å². The van der Waals surface area contributed by atoms with E-state index in [1.54, 1.807) is 12.1 Å². The summed E-state index contributed by atoms with van der Waals surface area (Å²) in [6, 6.07) is 5.83. The minimum absolute atomic E-state index is 0.117. The molecule has 0 aliphatic carbocycles. The van der Waals surface area contributed by atoms with E-state index in [1.165, 1.54) is 17.0 Å². The van der Waals surface area contributed by atoms with E-state index in [1.807, 2.05) is 0 Å². The normalized spacial score (nSPS) is 17.8. The number of carboxylic acid groups (broad SMARTS) is 1. The summed E-state index contributed by atoms with van der Waals surface area (Å²) < 4.78 is 0. The van der Waals surface area contributed by atoms with Crippen molar-refractivity contribution in [2.45, 2.75) is 19.4 Å². The van der Waals surface area contributed by atoms with E-state index in [4.69, 9.17) is 10.8 Å². The molecule has 0 saturated carbocycles. The maximum absolute atomic E-state index is 12.1. The Morgan fingerprint density at radius 1 is 1.27 bits per heavy atom. The van der Waals surface area contributed by atoms with Gasteiger partial charge in [0, 0.05) is 19.6 Å². The molecule has 1 fully saturated rings. The fourth-order valence-corrected chi connectivity index (χ4v) is 2.49. The van der Waals surface area contributed by atoms with Gasteiger partial charge in [0.2, 0.25) is 5.91 Å². The molecular formula is C15H19N3O4. The Labute approximate surface area is 128 Å². The molecule has 118 valence electrons. The maximum atomic E-state index is 12.1. The van der Waals surface area contributed by atoms with Crippen LogP contribution in [0.1, 0.15) is 28.8 Å². The van der Waals surface area contributed by atoms with Crippen molar-refractivity contribution in [3.8, 4) is 0 Å². The number of likely N-dealkylation sites (tertiary alicyclic amines) is 1. The first-order valence-corrected chi connectivity index (χ1v) is 7.11. The van der Waals surface area contributed by atoms with E-state index >= 15 is 0 Å². The summed E-state index contributed by atoms with van der Waals surface area (Å²) >= 11 is 0. The molecule has 2 rings (SSSR count). The summed E-state index contributed by atoms with van der Waals surface area (Å²) in [6.07, 6.45) is 1.49. The molecule has 3 amide bonds. The molecule has 0 radical (unpaired) electrons. The number of primary amides is 1. The van der Waals surface area contributed by atoms with Crippen LogP contribution in [-0.2, 0) is 11.3 Å². The first kappa shape index (κ1) is 15.8. The Morgan fingerprint density at radius 3 is 2.55 bits per heavy atom. The van der Waals surface area contributed by atoms with Gasteiger partial charge in [-0.25, -0.2) is 9.59 Å². The number of carboxylic acids is 1. The monoisotopic (exact) mass is 305 g/mol. The molecule has 1 aromatic carbocycles. The second-order valence-corrected chi connectivity index (χ2v) is 5.34. The molecule has 7 heteroatoms. The highest BCUT2D eigenvalue weighted by Crippen LogP contribution is 2.16. The van der Waals surface area contributed by atoms with Gasteiger partial charge in [0.05, 0.1) is 11.5 Å². The fraction of sp³-hybridized carbons (Fsp3) is 0.400. The van der Waals surface area contributed by atoms with Gasteiger partial charge in [-0.3, -0.25) is 4.79 Å². The summed E-state index contributed by atoms with van der Waals surface area (Å²) in [6.45, 7) is 1.26. The van der Waals surface area contributed by atoms with E-state index in [0.717, 1.165) is 18.4 Å².